The lowest BCUT2D eigenvalue weighted by Gasteiger charge is -2.03. The van der Waals surface area contributed by atoms with Gasteiger partial charge in [-0.3, -0.25) is 4.98 Å². The fourth-order valence-electron chi connectivity index (χ4n) is 1.15. The van der Waals surface area contributed by atoms with Gasteiger partial charge in [0.1, 0.15) is 0 Å². The molecule has 0 amide bonds. The van der Waals surface area contributed by atoms with Crippen LogP contribution < -0.4 is 0 Å². The van der Waals surface area contributed by atoms with E-state index in [2.05, 4.69) is 4.98 Å². The molecule has 14 heavy (non-hydrogen) atoms. The molecule has 1 aromatic heterocycles. The normalized spacial score (nSPS) is 10.4. The Balaban J connectivity index is 1.99. The minimum absolute atomic E-state index is 0.772. The van der Waals surface area contributed by atoms with Gasteiger partial charge in [0.2, 0.25) is 0 Å². The second kappa shape index (κ2) is 7.47. The lowest BCUT2D eigenvalue weighted by atomic mass is 10.2. The molecule has 0 saturated heterocycles. The Morgan fingerprint density at radius 2 is 1.93 bits per heavy atom. The highest BCUT2D eigenvalue weighted by Crippen LogP contribution is 1.97. The summed E-state index contributed by atoms with van der Waals surface area (Å²) in [6.45, 7) is 2.32. The number of pyridine rings is 1. The molecule has 0 saturated carbocycles. The molecular weight excluding hydrogens is 178 g/mol. The van der Waals surface area contributed by atoms with Gasteiger partial charge in [0.25, 0.3) is 0 Å². The van der Waals surface area contributed by atoms with E-state index in [9.17, 15) is 0 Å². The van der Waals surface area contributed by atoms with Crippen LogP contribution in [0.5, 0.6) is 0 Å². The van der Waals surface area contributed by atoms with E-state index in [4.69, 9.17) is 9.47 Å². The van der Waals surface area contributed by atoms with Gasteiger partial charge in [0.05, 0.1) is 6.61 Å². The summed E-state index contributed by atoms with van der Waals surface area (Å²) in [6, 6.07) is 4.02. The minimum Gasteiger partial charge on any atom is -0.385 e. The molecule has 3 heteroatoms. The zero-order valence-corrected chi connectivity index (χ0v) is 8.61. The molecule has 0 aliphatic rings. The smallest absolute Gasteiger partial charge is 0.0506 e. The van der Waals surface area contributed by atoms with Crippen LogP contribution in [-0.2, 0) is 15.9 Å². The molecule has 0 aromatic carbocycles. The SMILES string of the molecule is COCCCOCCc1ccncc1. The molecule has 0 atom stereocenters. The van der Waals surface area contributed by atoms with Gasteiger partial charge in [0.15, 0.2) is 0 Å². The quantitative estimate of drug-likeness (QED) is 0.620. The lowest BCUT2D eigenvalue weighted by molar-refractivity contribution is 0.105. The van der Waals surface area contributed by atoms with E-state index in [-0.39, 0.29) is 0 Å². The molecule has 0 aliphatic carbocycles. The second-order valence-electron chi connectivity index (χ2n) is 3.06. The largest absolute Gasteiger partial charge is 0.385 e. The highest BCUT2D eigenvalue weighted by atomic mass is 16.5. The highest BCUT2D eigenvalue weighted by molar-refractivity contribution is 5.09. The van der Waals surface area contributed by atoms with Crippen LogP contribution in [0.2, 0.25) is 0 Å². The van der Waals surface area contributed by atoms with Gasteiger partial charge in [-0.2, -0.15) is 0 Å². The Bertz CT molecular complexity index is 226. The van der Waals surface area contributed by atoms with E-state index in [1.807, 2.05) is 12.1 Å². The Hall–Kier alpha value is -0.930. The first-order valence-electron chi connectivity index (χ1n) is 4.89. The van der Waals surface area contributed by atoms with Crippen LogP contribution in [0, 0.1) is 0 Å². The lowest BCUT2D eigenvalue weighted by Crippen LogP contribution is -2.02. The fraction of sp³-hybridized carbons (Fsp3) is 0.545. The van der Waals surface area contributed by atoms with Gasteiger partial charge in [-0.05, 0) is 30.5 Å². The van der Waals surface area contributed by atoms with Crippen molar-refractivity contribution < 1.29 is 9.47 Å². The molecule has 0 bridgehead atoms. The number of hydrogen-bond donors (Lipinski definition) is 0. The van der Waals surface area contributed by atoms with Gasteiger partial charge >= 0.3 is 0 Å². The topological polar surface area (TPSA) is 31.4 Å². The van der Waals surface area contributed by atoms with E-state index in [1.54, 1.807) is 19.5 Å². The standard InChI is InChI=1S/C11H17NO2/c1-13-8-2-9-14-10-5-11-3-6-12-7-4-11/h3-4,6-7H,2,5,8-10H2,1H3. The van der Waals surface area contributed by atoms with Crippen molar-refractivity contribution in [2.45, 2.75) is 12.8 Å². The average molecular weight is 195 g/mol. The molecule has 0 fully saturated rings. The Labute approximate surface area is 85.1 Å². The summed E-state index contributed by atoms with van der Waals surface area (Å²) >= 11 is 0. The number of rotatable bonds is 7. The molecule has 3 nitrogen and oxygen atoms in total. The van der Waals surface area contributed by atoms with Gasteiger partial charge in [-0.1, -0.05) is 0 Å². The van der Waals surface area contributed by atoms with E-state index in [0.717, 1.165) is 32.7 Å². The van der Waals surface area contributed by atoms with Crippen molar-refractivity contribution in [2.75, 3.05) is 26.9 Å². The number of methoxy groups -OCH3 is 1. The van der Waals surface area contributed by atoms with Gasteiger partial charge < -0.3 is 9.47 Å². The van der Waals surface area contributed by atoms with E-state index in [0.29, 0.717) is 0 Å². The van der Waals surface area contributed by atoms with Crippen LogP contribution in [-0.4, -0.2) is 31.9 Å². The highest BCUT2D eigenvalue weighted by Gasteiger charge is 1.92. The molecule has 0 N–H and O–H groups in total. The van der Waals surface area contributed by atoms with Crippen molar-refractivity contribution in [3.8, 4) is 0 Å². The third-order valence-electron chi connectivity index (χ3n) is 1.92. The van der Waals surface area contributed by atoms with Crippen molar-refractivity contribution in [1.29, 1.82) is 0 Å². The number of ether oxygens (including phenoxy) is 2. The Kier molecular flexibility index (Phi) is 5.95. The predicted molar refractivity (Wildman–Crippen MR) is 55.3 cm³/mol. The van der Waals surface area contributed by atoms with Crippen LogP contribution >= 0.6 is 0 Å². The van der Waals surface area contributed by atoms with Crippen molar-refractivity contribution in [3.63, 3.8) is 0 Å². The maximum atomic E-state index is 5.44. The van der Waals surface area contributed by atoms with Crippen molar-refractivity contribution in [2.24, 2.45) is 0 Å². The molecule has 0 radical (unpaired) electrons. The zero-order valence-electron chi connectivity index (χ0n) is 8.61. The van der Waals surface area contributed by atoms with Crippen LogP contribution in [0.25, 0.3) is 0 Å². The first kappa shape index (κ1) is 11.1. The maximum Gasteiger partial charge on any atom is 0.0506 e. The number of aromatic nitrogens is 1. The maximum absolute atomic E-state index is 5.44. The van der Waals surface area contributed by atoms with E-state index in [1.165, 1.54) is 5.56 Å². The predicted octanol–water partition coefficient (Wildman–Crippen LogP) is 1.68. The molecule has 0 spiro atoms. The average Bonchev–Trinajstić information content (AvgIpc) is 2.25. The second-order valence-corrected chi connectivity index (χ2v) is 3.06. The summed E-state index contributed by atoms with van der Waals surface area (Å²) in [5.74, 6) is 0. The van der Waals surface area contributed by atoms with Crippen LogP contribution in [0.15, 0.2) is 24.5 Å². The third kappa shape index (κ3) is 4.94. The molecule has 0 unspecified atom stereocenters. The van der Waals surface area contributed by atoms with Crippen LogP contribution in [0.3, 0.4) is 0 Å². The minimum atomic E-state index is 0.772. The van der Waals surface area contributed by atoms with Gasteiger partial charge in [0, 0.05) is 32.7 Å². The van der Waals surface area contributed by atoms with Crippen LogP contribution in [0.1, 0.15) is 12.0 Å². The summed E-state index contributed by atoms with van der Waals surface area (Å²) in [5, 5.41) is 0. The summed E-state index contributed by atoms with van der Waals surface area (Å²) in [5.41, 5.74) is 1.27. The molecule has 0 aliphatic heterocycles. The van der Waals surface area contributed by atoms with Gasteiger partial charge in [-0.25, -0.2) is 0 Å². The monoisotopic (exact) mass is 195 g/mol. The number of nitrogens with zero attached hydrogens (tertiary/aromatic N) is 1. The molecule has 1 rings (SSSR count). The molecular formula is C11H17NO2. The Morgan fingerprint density at radius 3 is 2.64 bits per heavy atom. The Morgan fingerprint density at radius 1 is 1.14 bits per heavy atom. The molecule has 78 valence electrons. The van der Waals surface area contributed by atoms with Crippen molar-refractivity contribution >= 4 is 0 Å². The third-order valence-corrected chi connectivity index (χ3v) is 1.92. The summed E-state index contributed by atoms with van der Waals surface area (Å²) in [7, 11) is 1.71. The fourth-order valence-corrected chi connectivity index (χ4v) is 1.15. The first-order chi connectivity index (χ1) is 6.93. The molecule has 1 aromatic rings. The molecule has 1 heterocycles. The first-order valence-corrected chi connectivity index (χ1v) is 4.89. The van der Waals surface area contributed by atoms with E-state index >= 15 is 0 Å². The van der Waals surface area contributed by atoms with Crippen molar-refractivity contribution in [3.05, 3.63) is 30.1 Å². The van der Waals surface area contributed by atoms with E-state index < -0.39 is 0 Å². The zero-order chi connectivity index (χ0) is 10.1. The van der Waals surface area contributed by atoms with Gasteiger partial charge in [-0.15, -0.1) is 0 Å². The number of hydrogen-bond acceptors (Lipinski definition) is 3. The summed E-state index contributed by atoms with van der Waals surface area (Å²) in [6.07, 6.45) is 5.53. The van der Waals surface area contributed by atoms with Crippen molar-refractivity contribution in [1.82, 2.24) is 4.98 Å². The van der Waals surface area contributed by atoms with Crippen LogP contribution in [0.4, 0.5) is 0 Å². The summed E-state index contributed by atoms with van der Waals surface area (Å²) in [4.78, 5) is 3.96. The summed E-state index contributed by atoms with van der Waals surface area (Å²) < 4.78 is 10.4.